The summed E-state index contributed by atoms with van der Waals surface area (Å²) in [5.74, 6) is -0.361. The zero-order valence-corrected chi connectivity index (χ0v) is 15.7. The minimum Gasteiger partial charge on any atom is -0.507 e. The number of nitrogens with two attached hydrogens (primary N) is 1. The van der Waals surface area contributed by atoms with E-state index in [1.54, 1.807) is 18.3 Å². The molecule has 2 rings (SSSR count). The molecule has 0 fully saturated rings. The molecule has 6 heteroatoms. The highest BCUT2D eigenvalue weighted by Gasteiger charge is 2.19. The van der Waals surface area contributed by atoms with Crippen molar-refractivity contribution in [2.75, 3.05) is 12.3 Å². The van der Waals surface area contributed by atoms with E-state index in [9.17, 15) is 9.90 Å². The number of halogens is 1. The van der Waals surface area contributed by atoms with Crippen molar-refractivity contribution < 1.29 is 9.90 Å². The number of hydrogen-bond donors (Lipinski definition) is 3. The first kappa shape index (κ1) is 18.3. The fraction of sp³-hybridized carbons (Fsp3) is 0.222. The standard InChI is InChI=1S/C18H20IN3O2/c1-18(2,22-10-12-5-3-4-6-15(12)20)11-21-17(24)14-9-13(19)7-8-16(14)23/h3-10,23H,11,20H2,1-2H3,(H,21,24). The molecule has 4 N–H and O–H groups in total. The molecule has 0 aliphatic carbocycles. The van der Waals surface area contributed by atoms with Crippen molar-refractivity contribution in [2.45, 2.75) is 19.4 Å². The van der Waals surface area contributed by atoms with E-state index < -0.39 is 5.54 Å². The lowest BCUT2D eigenvalue weighted by atomic mass is 10.1. The van der Waals surface area contributed by atoms with Crippen LogP contribution in [-0.4, -0.2) is 29.3 Å². The Morgan fingerprint density at radius 3 is 2.75 bits per heavy atom. The van der Waals surface area contributed by atoms with Gasteiger partial charge in [0, 0.05) is 27.6 Å². The number of nitrogens with one attached hydrogen (secondary N) is 1. The molecule has 0 heterocycles. The highest BCUT2D eigenvalue weighted by molar-refractivity contribution is 14.1. The number of amides is 1. The van der Waals surface area contributed by atoms with Gasteiger partial charge in [-0.25, -0.2) is 0 Å². The Hall–Kier alpha value is -2.09. The Balaban J connectivity index is 2.03. The first-order chi connectivity index (χ1) is 11.3. The van der Waals surface area contributed by atoms with Crippen molar-refractivity contribution in [1.82, 2.24) is 5.32 Å². The molecule has 0 unspecified atom stereocenters. The average molecular weight is 437 g/mol. The number of para-hydroxylation sites is 1. The second-order valence-electron chi connectivity index (χ2n) is 6.04. The SMILES string of the molecule is CC(C)(CNC(=O)c1cc(I)ccc1O)N=Cc1ccccc1N. The normalized spacial score (nSPS) is 11.6. The molecule has 2 aromatic rings. The third-order valence-corrected chi connectivity index (χ3v) is 4.10. The van der Waals surface area contributed by atoms with Gasteiger partial charge in [0.1, 0.15) is 5.75 Å². The van der Waals surface area contributed by atoms with Gasteiger partial charge in [-0.05, 0) is 60.7 Å². The predicted octanol–water partition coefficient (Wildman–Crippen LogP) is 3.21. The Bertz CT molecular complexity index is 773. The fourth-order valence-corrected chi connectivity index (χ4v) is 2.49. The summed E-state index contributed by atoms with van der Waals surface area (Å²) in [4.78, 5) is 16.8. The summed E-state index contributed by atoms with van der Waals surface area (Å²) in [7, 11) is 0. The van der Waals surface area contributed by atoms with Crippen molar-refractivity contribution in [3.05, 3.63) is 57.2 Å². The fourth-order valence-electron chi connectivity index (χ4n) is 2.00. The summed E-state index contributed by atoms with van der Waals surface area (Å²) in [6, 6.07) is 12.4. The number of carbonyl (C=O) groups is 1. The first-order valence-corrected chi connectivity index (χ1v) is 8.53. The lowest BCUT2D eigenvalue weighted by molar-refractivity contribution is 0.0943. The number of phenols is 1. The van der Waals surface area contributed by atoms with Crippen molar-refractivity contribution in [1.29, 1.82) is 0 Å². The van der Waals surface area contributed by atoms with Crippen LogP contribution in [0.2, 0.25) is 0 Å². The smallest absolute Gasteiger partial charge is 0.255 e. The summed E-state index contributed by atoms with van der Waals surface area (Å²) in [5.41, 5.74) is 7.14. The zero-order valence-electron chi connectivity index (χ0n) is 13.6. The molecule has 0 radical (unpaired) electrons. The van der Waals surface area contributed by atoms with Gasteiger partial charge >= 0.3 is 0 Å². The Morgan fingerprint density at radius 1 is 1.33 bits per heavy atom. The number of nitrogen functional groups attached to an aromatic ring is 1. The maximum atomic E-state index is 12.2. The van der Waals surface area contributed by atoms with Crippen molar-refractivity contribution >= 4 is 40.4 Å². The summed E-state index contributed by atoms with van der Waals surface area (Å²) in [5, 5.41) is 12.6. The number of carbonyl (C=O) groups excluding carboxylic acids is 1. The molecule has 24 heavy (non-hydrogen) atoms. The van der Waals surface area contributed by atoms with E-state index in [0.717, 1.165) is 9.13 Å². The first-order valence-electron chi connectivity index (χ1n) is 7.45. The van der Waals surface area contributed by atoms with Gasteiger partial charge in [0.25, 0.3) is 5.91 Å². The second-order valence-corrected chi connectivity index (χ2v) is 7.29. The predicted molar refractivity (Wildman–Crippen MR) is 106 cm³/mol. The largest absolute Gasteiger partial charge is 0.507 e. The van der Waals surface area contributed by atoms with Gasteiger partial charge in [-0.1, -0.05) is 18.2 Å². The third-order valence-electron chi connectivity index (χ3n) is 3.43. The summed E-state index contributed by atoms with van der Waals surface area (Å²) < 4.78 is 0.882. The molecule has 0 aliphatic heterocycles. The van der Waals surface area contributed by atoms with Crippen LogP contribution in [0.3, 0.4) is 0 Å². The number of anilines is 1. The molecule has 0 spiro atoms. The van der Waals surface area contributed by atoms with Crippen molar-refractivity contribution in [3.63, 3.8) is 0 Å². The lowest BCUT2D eigenvalue weighted by Crippen LogP contribution is -2.37. The number of aromatic hydroxyl groups is 1. The molecule has 0 bridgehead atoms. The van der Waals surface area contributed by atoms with Gasteiger partial charge in [-0.2, -0.15) is 0 Å². The maximum absolute atomic E-state index is 12.2. The highest BCUT2D eigenvalue weighted by atomic mass is 127. The van der Waals surface area contributed by atoms with Crippen LogP contribution in [0.1, 0.15) is 29.8 Å². The molecule has 0 atom stereocenters. The number of phenolic OH excluding ortho intramolecular Hbond substituents is 1. The van der Waals surface area contributed by atoms with E-state index in [4.69, 9.17) is 5.73 Å². The van der Waals surface area contributed by atoms with E-state index in [1.807, 2.05) is 38.1 Å². The molecule has 0 aromatic heterocycles. The van der Waals surface area contributed by atoms with Crippen molar-refractivity contribution in [2.24, 2.45) is 4.99 Å². The van der Waals surface area contributed by atoms with Crippen LogP contribution in [0.4, 0.5) is 5.69 Å². The maximum Gasteiger partial charge on any atom is 0.255 e. The molecule has 5 nitrogen and oxygen atoms in total. The molecular weight excluding hydrogens is 417 g/mol. The van der Waals surface area contributed by atoms with Gasteiger partial charge in [0.05, 0.1) is 11.1 Å². The van der Waals surface area contributed by atoms with Crippen LogP contribution in [0, 0.1) is 3.57 Å². The minimum absolute atomic E-state index is 0.0358. The molecule has 1 amide bonds. The molecule has 0 saturated heterocycles. The molecule has 2 aromatic carbocycles. The van der Waals surface area contributed by atoms with Crippen molar-refractivity contribution in [3.8, 4) is 5.75 Å². The van der Waals surface area contributed by atoms with Crippen LogP contribution in [0.15, 0.2) is 47.5 Å². The zero-order chi connectivity index (χ0) is 17.7. The van der Waals surface area contributed by atoms with E-state index >= 15 is 0 Å². The molecule has 0 aliphatic rings. The number of nitrogens with zero attached hydrogens (tertiary/aromatic N) is 1. The molecular formula is C18H20IN3O2. The van der Waals surface area contributed by atoms with Crippen LogP contribution >= 0.6 is 22.6 Å². The van der Waals surface area contributed by atoms with E-state index in [0.29, 0.717) is 12.2 Å². The van der Waals surface area contributed by atoms with Gasteiger partial charge in [-0.3, -0.25) is 9.79 Å². The van der Waals surface area contributed by atoms with Gasteiger partial charge < -0.3 is 16.2 Å². The topological polar surface area (TPSA) is 87.7 Å². The highest BCUT2D eigenvalue weighted by Crippen LogP contribution is 2.20. The number of benzene rings is 2. The summed E-state index contributed by atoms with van der Waals surface area (Å²) >= 11 is 2.10. The lowest BCUT2D eigenvalue weighted by Gasteiger charge is -2.20. The summed E-state index contributed by atoms with van der Waals surface area (Å²) in [6.07, 6.45) is 1.71. The Labute approximate surface area is 155 Å². The van der Waals surface area contributed by atoms with Crippen LogP contribution in [0.25, 0.3) is 0 Å². The molecule has 0 saturated carbocycles. The Morgan fingerprint density at radius 2 is 2.04 bits per heavy atom. The molecule has 126 valence electrons. The van der Waals surface area contributed by atoms with Gasteiger partial charge in [0.2, 0.25) is 0 Å². The van der Waals surface area contributed by atoms with Crippen LogP contribution in [0.5, 0.6) is 5.75 Å². The van der Waals surface area contributed by atoms with E-state index in [-0.39, 0.29) is 17.2 Å². The third kappa shape index (κ3) is 4.95. The van der Waals surface area contributed by atoms with Crippen LogP contribution < -0.4 is 11.1 Å². The quantitative estimate of drug-likeness (QED) is 0.382. The van der Waals surface area contributed by atoms with E-state index in [2.05, 4.69) is 32.9 Å². The Kier molecular flexibility index (Phi) is 5.82. The average Bonchev–Trinajstić information content (AvgIpc) is 2.54. The summed E-state index contributed by atoms with van der Waals surface area (Å²) in [6.45, 7) is 4.16. The van der Waals surface area contributed by atoms with Gasteiger partial charge in [0.15, 0.2) is 0 Å². The number of aliphatic imine (C=N–C) groups is 1. The number of hydrogen-bond acceptors (Lipinski definition) is 4. The minimum atomic E-state index is -0.504. The monoisotopic (exact) mass is 437 g/mol. The van der Waals surface area contributed by atoms with Crippen LogP contribution in [-0.2, 0) is 0 Å². The second kappa shape index (κ2) is 7.65. The van der Waals surface area contributed by atoms with E-state index in [1.165, 1.54) is 6.07 Å². The van der Waals surface area contributed by atoms with Gasteiger partial charge in [-0.15, -0.1) is 0 Å². The number of rotatable bonds is 5.